The summed E-state index contributed by atoms with van der Waals surface area (Å²) in [5.74, 6) is 3.58. The lowest BCUT2D eigenvalue weighted by atomic mass is 10.1. The number of terminal acetylenes is 1. The van der Waals surface area contributed by atoms with Gasteiger partial charge in [0.1, 0.15) is 11.5 Å². The maximum Gasteiger partial charge on any atom is 0.272 e. The summed E-state index contributed by atoms with van der Waals surface area (Å²) in [6.45, 7) is 7.99. The van der Waals surface area contributed by atoms with E-state index in [0.29, 0.717) is 18.1 Å². The monoisotopic (exact) mass is 372 g/mol. The third-order valence-corrected chi connectivity index (χ3v) is 4.44. The molecule has 1 N–H and O–H groups in total. The summed E-state index contributed by atoms with van der Waals surface area (Å²) in [6, 6.07) is 5.65. The van der Waals surface area contributed by atoms with Crippen molar-refractivity contribution >= 4 is 28.6 Å². The summed E-state index contributed by atoms with van der Waals surface area (Å²) in [7, 11) is 0. The molecule has 6 heteroatoms. The second-order valence-electron chi connectivity index (χ2n) is 6.36. The SMILES string of the molecule is C#CC(C)(C)NC(=O)C(Oc1cc(C)c2ncc(OCC)cc2c1)SC. The van der Waals surface area contributed by atoms with Gasteiger partial charge in [0.25, 0.3) is 5.91 Å². The molecular formula is C20H24N2O3S. The van der Waals surface area contributed by atoms with Crippen LogP contribution in [0.3, 0.4) is 0 Å². The second-order valence-corrected chi connectivity index (χ2v) is 7.26. The van der Waals surface area contributed by atoms with Gasteiger partial charge in [-0.15, -0.1) is 18.2 Å². The number of amides is 1. The Labute approximate surface area is 158 Å². The molecule has 1 unspecified atom stereocenters. The Morgan fingerprint density at radius 3 is 2.69 bits per heavy atom. The van der Waals surface area contributed by atoms with E-state index in [1.54, 1.807) is 20.0 Å². The first-order chi connectivity index (χ1) is 12.3. The van der Waals surface area contributed by atoms with Crippen LogP contribution in [0.4, 0.5) is 0 Å². The molecule has 0 saturated heterocycles. The topological polar surface area (TPSA) is 60.5 Å². The molecule has 1 heterocycles. The second kappa shape index (κ2) is 8.33. The van der Waals surface area contributed by atoms with Crippen LogP contribution in [0.2, 0.25) is 0 Å². The van der Waals surface area contributed by atoms with Crippen molar-refractivity contribution in [3.8, 4) is 23.8 Å². The molecule has 5 nitrogen and oxygen atoms in total. The molecule has 0 radical (unpaired) electrons. The van der Waals surface area contributed by atoms with E-state index in [1.807, 2.05) is 38.3 Å². The number of hydrogen-bond donors (Lipinski definition) is 1. The first-order valence-corrected chi connectivity index (χ1v) is 9.61. The molecule has 1 aromatic heterocycles. The van der Waals surface area contributed by atoms with Crippen LogP contribution in [0.5, 0.6) is 11.5 Å². The zero-order valence-corrected chi connectivity index (χ0v) is 16.6. The van der Waals surface area contributed by atoms with Gasteiger partial charge in [-0.1, -0.05) is 5.92 Å². The highest BCUT2D eigenvalue weighted by Crippen LogP contribution is 2.28. The summed E-state index contributed by atoms with van der Waals surface area (Å²) in [6.07, 6.45) is 8.96. The van der Waals surface area contributed by atoms with Gasteiger partial charge >= 0.3 is 0 Å². The number of benzene rings is 1. The van der Waals surface area contributed by atoms with Crippen molar-refractivity contribution < 1.29 is 14.3 Å². The summed E-state index contributed by atoms with van der Waals surface area (Å²) >= 11 is 1.30. The molecule has 0 aliphatic heterocycles. The van der Waals surface area contributed by atoms with Crippen LogP contribution >= 0.6 is 11.8 Å². The highest BCUT2D eigenvalue weighted by molar-refractivity contribution is 7.99. The molecule has 1 amide bonds. The van der Waals surface area contributed by atoms with E-state index in [0.717, 1.165) is 16.5 Å². The molecule has 0 aliphatic carbocycles. The van der Waals surface area contributed by atoms with Crippen molar-refractivity contribution in [3.05, 3.63) is 30.0 Å². The molecule has 26 heavy (non-hydrogen) atoms. The lowest BCUT2D eigenvalue weighted by Crippen LogP contribution is -2.47. The number of fused-ring (bicyclic) bond motifs is 1. The molecule has 2 aromatic rings. The Morgan fingerprint density at radius 1 is 1.38 bits per heavy atom. The minimum absolute atomic E-state index is 0.264. The molecule has 138 valence electrons. The van der Waals surface area contributed by atoms with Gasteiger partial charge in [-0.2, -0.15) is 0 Å². The molecule has 0 aliphatic rings. The van der Waals surface area contributed by atoms with Gasteiger partial charge in [-0.25, -0.2) is 0 Å². The number of aromatic nitrogens is 1. The van der Waals surface area contributed by atoms with E-state index in [9.17, 15) is 4.79 Å². The molecule has 0 fully saturated rings. The van der Waals surface area contributed by atoms with Gasteiger partial charge in [-0.3, -0.25) is 9.78 Å². The standard InChI is InChI=1S/C20H24N2O3S/c1-7-20(4,5)22-18(23)19(26-6)25-15-9-13(3)17-14(10-15)11-16(12-21-17)24-8-2/h1,9-12,19H,8H2,2-6H3,(H,22,23). The van der Waals surface area contributed by atoms with Crippen molar-refractivity contribution in [2.75, 3.05) is 12.9 Å². The number of thioether (sulfide) groups is 1. The predicted octanol–water partition coefficient (Wildman–Crippen LogP) is 3.54. The van der Waals surface area contributed by atoms with Crippen LogP contribution in [0.1, 0.15) is 26.3 Å². The fraction of sp³-hybridized carbons (Fsp3) is 0.400. The van der Waals surface area contributed by atoms with Crippen LogP contribution < -0.4 is 14.8 Å². The largest absolute Gasteiger partial charge is 0.492 e. The minimum atomic E-state index is -0.732. The first kappa shape index (κ1) is 19.9. The van der Waals surface area contributed by atoms with Crippen LogP contribution in [-0.4, -0.2) is 34.7 Å². The van der Waals surface area contributed by atoms with Gasteiger partial charge in [0, 0.05) is 5.39 Å². The summed E-state index contributed by atoms with van der Waals surface area (Å²) in [5, 5.41) is 3.70. The summed E-state index contributed by atoms with van der Waals surface area (Å²) in [4.78, 5) is 16.9. The number of ether oxygens (including phenoxy) is 2. The number of aryl methyl sites for hydroxylation is 1. The highest BCUT2D eigenvalue weighted by atomic mass is 32.2. The third kappa shape index (κ3) is 4.83. The van der Waals surface area contributed by atoms with Gasteiger partial charge < -0.3 is 14.8 Å². The molecule has 0 bridgehead atoms. The fourth-order valence-electron chi connectivity index (χ4n) is 2.43. The van der Waals surface area contributed by atoms with Gasteiger partial charge in [0.15, 0.2) is 0 Å². The zero-order chi connectivity index (χ0) is 19.3. The van der Waals surface area contributed by atoms with E-state index in [4.69, 9.17) is 15.9 Å². The van der Waals surface area contributed by atoms with Crippen LogP contribution in [-0.2, 0) is 4.79 Å². The maximum atomic E-state index is 12.5. The van der Waals surface area contributed by atoms with Crippen molar-refractivity contribution in [2.45, 2.75) is 38.7 Å². The zero-order valence-electron chi connectivity index (χ0n) is 15.8. The number of carbonyl (C=O) groups excluding carboxylic acids is 1. The Hall–Kier alpha value is -2.39. The average Bonchev–Trinajstić information content (AvgIpc) is 2.59. The lowest BCUT2D eigenvalue weighted by molar-refractivity contribution is -0.125. The third-order valence-electron chi connectivity index (χ3n) is 3.70. The summed E-state index contributed by atoms with van der Waals surface area (Å²) in [5.41, 5.74) is 0.399. The number of nitrogens with one attached hydrogen (secondary N) is 1. The first-order valence-electron chi connectivity index (χ1n) is 8.32. The van der Waals surface area contributed by atoms with Crippen LogP contribution in [0.25, 0.3) is 10.9 Å². The quantitative estimate of drug-likeness (QED) is 0.595. The maximum absolute atomic E-state index is 12.5. The van der Waals surface area contributed by atoms with Crippen molar-refractivity contribution in [1.29, 1.82) is 0 Å². The van der Waals surface area contributed by atoms with Crippen molar-refractivity contribution in [3.63, 3.8) is 0 Å². The lowest BCUT2D eigenvalue weighted by Gasteiger charge is -2.24. The Balaban J connectivity index is 2.28. The Morgan fingerprint density at radius 2 is 2.08 bits per heavy atom. The Kier molecular flexibility index (Phi) is 6.38. The van der Waals surface area contributed by atoms with Gasteiger partial charge in [0.2, 0.25) is 5.44 Å². The molecular weight excluding hydrogens is 348 g/mol. The van der Waals surface area contributed by atoms with Gasteiger partial charge in [0.05, 0.1) is 23.9 Å². The van der Waals surface area contributed by atoms with E-state index >= 15 is 0 Å². The minimum Gasteiger partial charge on any atom is -0.492 e. The van der Waals surface area contributed by atoms with Crippen molar-refractivity contribution in [1.82, 2.24) is 10.3 Å². The van der Waals surface area contributed by atoms with Gasteiger partial charge in [-0.05, 0) is 57.7 Å². The van der Waals surface area contributed by atoms with Crippen LogP contribution in [0.15, 0.2) is 24.4 Å². The molecule has 2 rings (SSSR count). The summed E-state index contributed by atoms with van der Waals surface area (Å²) < 4.78 is 11.4. The fourth-order valence-corrected chi connectivity index (χ4v) is 2.91. The molecule has 0 spiro atoms. The van der Waals surface area contributed by atoms with E-state index in [2.05, 4.69) is 16.2 Å². The molecule has 1 atom stereocenters. The van der Waals surface area contributed by atoms with E-state index in [1.165, 1.54) is 11.8 Å². The predicted molar refractivity (Wildman–Crippen MR) is 107 cm³/mol. The number of pyridine rings is 1. The highest BCUT2D eigenvalue weighted by Gasteiger charge is 2.25. The van der Waals surface area contributed by atoms with E-state index in [-0.39, 0.29) is 5.91 Å². The number of nitrogens with zero attached hydrogens (tertiary/aromatic N) is 1. The smallest absolute Gasteiger partial charge is 0.272 e. The number of hydrogen-bond acceptors (Lipinski definition) is 5. The molecule has 0 saturated carbocycles. The van der Waals surface area contributed by atoms with E-state index < -0.39 is 11.0 Å². The normalized spacial score (nSPS) is 12.3. The van der Waals surface area contributed by atoms with Crippen molar-refractivity contribution in [2.24, 2.45) is 0 Å². The Bertz CT molecular complexity index is 843. The number of carbonyl (C=O) groups is 1. The average molecular weight is 372 g/mol. The number of rotatable bonds is 7. The van der Waals surface area contributed by atoms with Crippen LogP contribution in [0, 0.1) is 19.3 Å². The molecule has 1 aromatic carbocycles.